The van der Waals surface area contributed by atoms with Gasteiger partial charge in [-0.05, 0) is 82.1 Å². The lowest BCUT2D eigenvalue weighted by Gasteiger charge is -2.31. The van der Waals surface area contributed by atoms with Crippen LogP contribution in [0, 0.1) is 17.8 Å². The van der Waals surface area contributed by atoms with Gasteiger partial charge in [0.05, 0.1) is 5.92 Å². The van der Waals surface area contributed by atoms with Crippen molar-refractivity contribution >= 4 is 12.3 Å². The lowest BCUT2D eigenvalue weighted by atomic mass is 9.80. The molecule has 0 atom stereocenters. The highest BCUT2D eigenvalue weighted by atomic mass is 16.5. The van der Waals surface area contributed by atoms with E-state index in [4.69, 9.17) is 4.74 Å². The van der Waals surface area contributed by atoms with Crippen LogP contribution in [-0.4, -0.2) is 18.4 Å². The summed E-state index contributed by atoms with van der Waals surface area (Å²) in [5.74, 6) is 1.77. The maximum Gasteiger partial charge on any atom is 0.309 e. The van der Waals surface area contributed by atoms with Crippen LogP contribution in [0.4, 0.5) is 0 Å². The number of esters is 1. The molecular weight excluding hydrogens is 288 g/mol. The van der Waals surface area contributed by atoms with Crippen molar-refractivity contribution in [3.05, 3.63) is 12.2 Å². The molecule has 0 aromatic heterocycles. The number of ether oxygens (including phenoxy) is 1. The van der Waals surface area contributed by atoms with E-state index in [2.05, 4.69) is 6.92 Å². The predicted octanol–water partition coefficient (Wildman–Crippen LogP) is 4.84. The van der Waals surface area contributed by atoms with Gasteiger partial charge >= 0.3 is 5.97 Å². The lowest BCUT2D eigenvalue weighted by molar-refractivity contribution is -0.157. The average Bonchev–Trinajstić information content (AvgIpc) is 2.60. The molecule has 0 aromatic carbocycles. The fourth-order valence-corrected chi connectivity index (χ4v) is 4.09. The van der Waals surface area contributed by atoms with Gasteiger partial charge in [-0.15, -0.1) is 0 Å². The average molecular weight is 320 g/mol. The second-order valence-corrected chi connectivity index (χ2v) is 7.35. The Balaban J connectivity index is 1.63. The Kier molecular flexibility index (Phi) is 7.84. The van der Waals surface area contributed by atoms with E-state index in [0.717, 1.165) is 69.5 Å². The predicted molar refractivity (Wildman–Crippen MR) is 92.0 cm³/mol. The Hall–Kier alpha value is -1.12. The number of allylic oxidation sites excluding steroid dienone is 2. The van der Waals surface area contributed by atoms with E-state index < -0.39 is 0 Å². The minimum Gasteiger partial charge on any atom is -0.462 e. The molecule has 130 valence electrons. The van der Waals surface area contributed by atoms with Crippen molar-refractivity contribution in [3.8, 4) is 0 Å². The lowest BCUT2D eigenvalue weighted by Crippen LogP contribution is -2.30. The highest BCUT2D eigenvalue weighted by Gasteiger charge is 2.30. The summed E-state index contributed by atoms with van der Waals surface area (Å²) in [6.07, 6.45) is 16.6. The molecule has 3 nitrogen and oxygen atoms in total. The van der Waals surface area contributed by atoms with Gasteiger partial charge in [-0.1, -0.05) is 19.4 Å². The Labute approximate surface area is 140 Å². The highest BCUT2D eigenvalue weighted by Crippen LogP contribution is 2.33. The minimum absolute atomic E-state index is 0.0666. The summed E-state index contributed by atoms with van der Waals surface area (Å²) in [4.78, 5) is 22.6. The van der Waals surface area contributed by atoms with Gasteiger partial charge in [0.25, 0.3) is 0 Å². The van der Waals surface area contributed by atoms with Crippen LogP contribution in [0.5, 0.6) is 0 Å². The molecule has 23 heavy (non-hydrogen) atoms. The molecule has 3 heteroatoms. The summed E-state index contributed by atoms with van der Waals surface area (Å²) in [6.45, 7) is 2.25. The number of carbonyl (C=O) groups excluding carboxylic acids is 2. The molecule has 2 fully saturated rings. The van der Waals surface area contributed by atoms with E-state index in [0.29, 0.717) is 0 Å². The molecule has 0 bridgehead atoms. The van der Waals surface area contributed by atoms with Gasteiger partial charge in [0.2, 0.25) is 0 Å². The Morgan fingerprint density at radius 1 is 1.00 bits per heavy atom. The maximum absolute atomic E-state index is 12.3. The van der Waals surface area contributed by atoms with Gasteiger partial charge in [0.15, 0.2) is 0 Å². The summed E-state index contributed by atoms with van der Waals surface area (Å²) in [7, 11) is 0. The van der Waals surface area contributed by atoms with Crippen molar-refractivity contribution in [2.45, 2.75) is 83.7 Å². The number of hydrogen-bond acceptors (Lipinski definition) is 3. The molecule has 2 saturated carbocycles. The van der Waals surface area contributed by atoms with Crippen LogP contribution in [0.3, 0.4) is 0 Å². The van der Waals surface area contributed by atoms with Crippen LogP contribution in [-0.2, 0) is 14.3 Å². The smallest absolute Gasteiger partial charge is 0.309 e. The van der Waals surface area contributed by atoms with E-state index in [-0.39, 0.29) is 18.0 Å². The Bertz CT molecular complexity index is 386. The van der Waals surface area contributed by atoms with Gasteiger partial charge in [0.1, 0.15) is 12.4 Å². The summed E-state index contributed by atoms with van der Waals surface area (Å²) in [6, 6.07) is 0. The SMILES string of the molecule is CC[C@H]1CC[C@H](C(=O)O[C@H]2CC[C@H](CCC=CC=O)CC2)CC1. The van der Waals surface area contributed by atoms with Gasteiger partial charge < -0.3 is 4.74 Å². The molecule has 0 spiro atoms. The molecule has 0 radical (unpaired) electrons. The number of hydrogen-bond donors (Lipinski definition) is 0. The zero-order chi connectivity index (χ0) is 16.5. The molecule has 0 aromatic rings. The molecule has 2 aliphatic rings. The molecule has 0 unspecified atom stereocenters. The minimum atomic E-state index is 0.0666. The van der Waals surface area contributed by atoms with Gasteiger partial charge in [-0.2, -0.15) is 0 Å². The Morgan fingerprint density at radius 3 is 2.26 bits per heavy atom. The van der Waals surface area contributed by atoms with E-state index in [1.807, 2.05) is 6.08 Å². The standard InChI is InChI=1S/C20H32O3/c1-2-16-7-11-18(12-8-16)20(22)23-19-13-9-17(10-14-19)6-4-3-5-15-21/h3,5,15-19H,2,4,6-14H2,1H3/t16-,17-,18-,19-. The first-order chi connectivity index (χ1) is 11.2. The van der Waals surface area contributed by atoms with E-state index >= 15 is 0 Å². The zero-order valence-electron chi connectivity index (χ0n) is 14.5. The second kappa shape index (κ2) is 9.89. The third-order valence-corrected chi connectivity index (χ3v) is 5.79. The van der Waals surface area contributed by atoms with Crippen molar-refractivity contribution in [2.75, 3.05) is 0 Å². The topological polar surface area (TPSA) is 43.4 Å². The normalized spacial score (nSPS) is 31.9. The van der Waals surface area contributed by atoms with Crippen LogP contribution in [0.2, 0.25) is 0 Å². The van der Waals surface area contributed by atoms with E-state index in [9.17, 15) is 9.59 Å². The molecule has 0 amide bonds. The van der Waals surface area contributed by atoms with Crippen molar-refractivity contribution in [3.63, 3.8) is 0 Å². The number of carbonyl (C=O) groups is 2. The van der Waals surface area contributed by atoms with E-state index in [1.54, 1.807) is 6.08 Å². The van der Waals surface area contributed by atoms with E-state index in [1.165, 1.54) is 19.3 Å². The summed E-state index contributed by atoms with van der Waals surface area (Å²) in [5, 5.41) is 0. The third kappa shape index (κ3) is 6.12. The third-order valence-electron chi connectivity index (χ3n) is 5.79. The number of rotatable bonds is 7. The van der Waals surface area contributed by atoms with Crippen molar-refractivity contribution < 1.29 is 14.3 Å². The summed E-state index contributed by atoms with van der Waals surface area (Å²) in [5.41, 5.74) is 0. The summed E-state index contributed by atoms with van der Waals surface area (Å²) < 4.78 is 5.79. The summed E-state index contributed by atoms with van der Waals surface area (Å²) >= 11 is 0. The molecule has 2 rings (SSSR count). The van der Waals surface area contributed by atoms with Crippen molar-refractivity contribution in [1.29, 1.82) is 0 Å². The van der Waals surface area contributed by atoms with Crippen molar-refractivity contribution in [1.82, 2.24) is 0 Å². The first-order valence-electron chi connectivity index (χ1n) is 9.53. The monoisotopic (exact) mass is 320 g/mol. The van der Waals surface area contributed by atoms with Crippen LogP contribution in [0.1, 0.15) is 77.6 Å². The highest BCUT2D eigenvalue weighted by molar-refractivity contribution is 5.72. The largest absolute Gasteiger partial charge is 0.462 e. The maximum atomic E-state index is 12.3. The zero-order valence-corrected chi connectivity index (χ0v) is 14.5. The van der Waals surface area contributed by atoms with Crippen LogP contribution in [0.15, 0.2) is 12.2 Å². The first-order valence-corrected chi connectivity index (χ1v) is 9.53. The van der Waals surface area contributed by atoms with Gasteiger partial charge in [-0.3, -0.25) is 9.59 Å². The first kappa shape index (κ1) is 18.2. The molecule has 2 aliphatic carbocycles. The van der Waals surface area contributed by atoms with Crippen molar-refractivity contribution in [2.24, 2.45) is 17.8 Å². The molecule has 0 N–H and O–H groups in total. The number of aldehydes is 1. The van der Waals surface area contributed by atoms with Gasteiger partial charge in [0, 0.05) is 0 Å². The molecular formula is C20H32O3. The fraction of sp³-hybridized carbons (Fsp3) is 0.800. The van der Waals surface area contributed by atoms with Crippen LogP contribution < -0.4 is 0 Å². The quantitative estimate of drug-likeness (QED) is 0.383. The molecule has 0 heterocycles. The Morgan fingerprint density at radius 2 is 1.65 bits per heavy atom. The fourth-order valence-electron chi connectivity index (χ4n) is 4.09. The van der Waals surface area contributed by atoms with Gasteiger partial charge in [-0.25, -0.2) is 0 Å². The molecule has 0 aliphatic heterocycles. The molecule has 0 saturated heterocycles. The second-order valence-electron chi connectivity index (χ2n) is 7.35. The van der Waals surface area contributed by atoms with Crippen LogP contribution >= 0.6 is 0 Å². The van der Waals surface area contributed by atoms with Crippen LogP contribution in [0.25, 0.3) is 0 Å².